The smallest absolute Gasteiger partial charge is 0.0784 e. The van der Waals surface area contributed by atoms with E-state index >= 15 is 0 Å². The maximum absolute atomic E-state index is 7.57. The predicted molar refractivity (Wildman–Crippen MR) is 241 cm³/mol. The molecule has 1 aliphatic heterocycles. The number of benzene rings is 5. The summed E-state index contributed by atoms with van der Waals surface area (Å²) < 4.78 is 1.32. The van der Waals surface area contributed by atoms with Crippen LogP contribution in [0.3, 0.4) is 0 Å². The van der Waals surface area contributed by atoms with Gasteiger partial charge in [0.15, 0.2) is 0 Å². The van der Waals surface area contributed by atoms with Crippen molar-refractivity contribution >= 4 is 11.6 Å². The summed E-state index contributed by atoms with van der Waals surface area (Å²) in [7, 11) is 2.37. The predicted octanol–water partition coefficient (Wildman–Crippen LogP) is 13.9. The molecule has 0 saturated carbocycles. The average molecular weight is 762 g/mol. The molecule has 3 heteroatoms. The Morgan fingerprint density at radius 2 is 0.764 bits per heavy atom. The summed E-state index contributed by atoms with van der Waals surface area (Å²) in [6.07, 6.45) is 4.36. The number of hydrogen-bond donors (Lipinski definition) is 1. The van der Waals surface area contributed by atoms with Crippen molar-refractivity contribution in [2.75, 3.05) is 39.2 Å². The van der Waals surface area contributed by atoms with Gasteiger partial charge in [0.2, 0.25) is 0 Å². The zero-order valence-corrected chi connectivity index (χ0v) is 36.0. The minimum Gasteiger partial charge on any atom is -0.397 e. The van der Waals surface area contributed by atoms with Crippen LogP contribution in [0, 0.1) is 0 Å². The van der Waals surface area contributed by atoms with E-state index in [2.05, 4.69) is 187 Å². The van der Waals surface area contributed by atoms with Crippen LogP contribution in [-0.4, -0.2) is 48.8 Å². The maximum atomic E-state index is 7.57. The van der Waals surface area contributed by atoms with Gasteiger partial charge in [0, 0.05) is 12.5 Å². The molecule has 5 atom stereocenters. The number of halogens is 1. The molecule has 1 heterocycles. The molecule has 0 aromatic heterocycles. The first-order valence-electron chi connectivity index (χ1n) is 20.9. The summed E-state index contributed by atoms with van der Waals surface area (Å²) in [5.41, 5.74) is 8.38. The van der Waals surface area contributed by atoms with Crippen molar-refractivity contribution in [2.24, 2.45) is 0 Å². The molecule has 0 spiro atoms. The lowest BCUT2D eigenvalue weighted by Gasteiger charge is -2.41. The first kappa shape index (κ1) is 45.7. The van der Waals surface area contributed by atoms with Gasteiger partial charge in [0.1, 0.15) is 0 Å². The highest BCUT2D eigenvalue weighted by Crippen LogP contribution is 2.54. The van der Waals surface area contributed by atoms with E-state index in [1.807, 2.05) is 6.92 Å². The van der Waals surface area contributed by atoms with Crippen LogP contribution in [-0.2, 0) is 0 Å². The van der Waals surface area contributed by atoms with Gasteiger partial charge < -0.3 is 9.59 Å². The summed E-state index contributed by atoms with van der Waals surface area (Å²) >= 11 is 5.00. The van der Waals surface area contributed by atoms with Gasteiger partial charge in [-0.05, 0) is 102 Å². The highest BCUT2D eigenvalue weighted by Gasteiger charge is 2.39. The summed E-state index contributed by atoms with van der Waals surface area (Å²) in [6, 6.07) is 54.2. The second kappa shape index (κ2) is 24.7. The summed E-state index contributed by atoms with van der Waals surface area (Å²) in [5.74, 6) is 2.73. The SMILES string of the molecule is CC(C)c1ccc(C(C)C(c2ccccc2)C(c2ccccc2)C(c2ccccc2)C(C)c2ccccc2)cc1.CCCl.CCO.CC[N+]1(C)CCCCC1. The second-order valence-corrected chi connectivity index (χ2v) is 16.2. The van der Waals surface area contributed by atoms with Crippen molar-refractivity contribution in [1.29, 1.82) is 0 Å². The van der Waals surface area contributed by atoms with Crippen LogP contribution in [0.1, 0.15) is 137 Å². The van der Waals surface area contributed by atoms with Crippen LogP contribution in [0.5, 0.6) is 0 Å². The van der Waals surface area contributed by atoms with E-state index in [0.29, 0.717) is 17.8 Å². The molecule has 0 bridgehead atoms. The lowest BCUT2D eigenvalue weighted by Crippen LogP contribution is -2.47. The summed E-state index contributed by atoms with van der Waals surface area (Å²) in [4.78, 5) is 0. The molecule has 6 rings (SSSR count). The second-order valence-electron chi connectivity index (χ2n) is 15.6. The Balaban J connectivity index is 0.000000457. The lowest BCUT2D eigenvalue weighted by molar-refractivity contribution is -0.912. The fourth-order valence-corrected chi connectivity index (χ4v) is 8.23. The third-order valence-electron chi connectivity index (χ3n) is 11.5. The molecule has 0 amide bonds. The lowest BCUT2D eigenvalue weighted by atomic mass is 9.62. The topological polar surface area (TPSA) is 20.2 Å². The highest BCUT2D eigenvalue weighted by atomic mass is 35.5. The molecular weight excluding hydrogens is 690 g/mol. The Labute approximate surface area is 341 Å². The molecule has 1 aliphatic rings. The molecule has 5 unspecified atom stereocenters. The van der Waals surface area contributed by atoms with E-state index in [9.17, 15) is 0 Å². The van der Waals surface area contributed by atoms with Gasteiger partial charge in [0.05, 0.1) is 26.7 Å². The van der Waals surface area contributed by atoms with Crippen LogP contribution in [0.25, 0.3) is 0 Å². The Morgan fingerprint density at radius 1 is 0.473 bits per heavy atom. The minimum absolute atomic E-state index is 0.250. The molecule has 1 saturated heterocycles. The van der Waals surface area contributed by atoms with E-state index in [1.54, 1.807) is 6.92 Å². The Kier molecular flexibility index (Phi) is 20.6. The molecular formula is C52H71ClNO+. The molecule has 5 aromatic carbocycles. The molecule has 296 valence electrons. The quantitative estimate of drug-likeness (QED) is 0.105. The van der Waals surface area contributed by atoms with Gasteiger partial charge in [0.25, 0.3) is 0 Å². The van der Waals surface area contributed by atoms with E-state index in [0.717, 1.165) is 5.88 Å². The third kappa shape index (κ3) is 14.1. The van der Waals surface area contributed by atoms with Crippen molar-refractivity contribution in [3.05, 3.63) is 179 Å². The van der Waals surface area contributed by atoms with Gasteiger partial charge in [-0.25, -0.2) is 0 Å². The van der Waals surface area contributed by atoms with Crippen molar-refractivity contribution < 1.29 is 9.59 Å². The number of rotatable bonds is 11. The van der Waals surface area contributed by atoms with E-state index < -0.39 is 0 Å². The summed E-state index contributed by atoms with van der Waals surface area (Å²) in [5, 5.41) is 7.57. The minimum atomic E-state index is 0.250. The fraction of sp³-hybridized carbons (Fsp3) is 0.423. The molecule has 5 aromatic rings. The molecule has 0 aliphatic carbocycles. The number of likely N-dealkylation sites (tertiary alicyclic amines) is 1. The largest absolute Gasteiger partial charge is 0.397 e. The molecule has 2 nitrogen and oxygen atoms in total. The first-order chi connectivity index (χ1) is 26.6. The zero-order chi connectivity index (χ0) is 40.1. The van der Waals surface area contributed by atoms with Gasteiger partial charge in [-0.3, -0.25) is 0 Å². The van der Waals surface area contributed by atoms with Gasteiger partial charge in [-0.15, -0.1) is 11.6 Å². The molecule has 55 heavy (non-hydrogen) atoms. The van der Waals surface area contributed by atoms with Gasteiger partial charge in [-0.1, -0.05) is 180 Å². The number of aliphatic hydroxyl groups is 1. The average Bonchev–Trinajstić information content (AvgIpc) is 3.23. The van der Waals surface area contributed by atoms with Crippen LogP contribution < -0.4 is 0 Å². The van der Waals surface area contributed by atoms with E-state index in [1.165, 1.54) is 76.8 Å². The number of piperidine rings is 1. The van der Waals surface area contributed by atoms with E-state index in [-0.39, 0.29) is 24.4 Å². The Hall–Kier alpha value is -3.69. The fourth-order valence-electron chi connectivity index (χ4n) is 8.23. The third-order valence-corrected chi connectivity index (χ3v) is 11.5. The standard InChI is InChI=1S/C40H42.C8H18N.C2H5Cl.C2H6O/c1-29(2)32-25-27-34(28-26-32)31(4)39(36-21-13-7-14-22-36)40(37-23-15-8-16-24-37)38(35-19-11-6-12-20-35)30(3)33-17-9-5-10-18-33;1-3-9(2)7-5-4-6-8-9;2*1-2-3/h5-31,38-40H,1-4H3;3-8H2,1-2H3;2H2,1H3;3H,2H2,1H3/q;+1;;. The van der Waals surface area contributed by atoms with Crippen molar-refractivity contribution in [1.82, 2.24) is 0 Å². The number of aliphatic hydroxyl groups excluding tert-OH is 1. The highest BCUT2D eigenvalue weighted by molar-refractivity contribution is 6.17. The monoisotopic (exact) mass is 761 g/mol. The normalized spacial score (nSPS) is 16.0. The molecule has 1 N–H and O–H groups in total. The van der Waals surface area contributed by atoms with Crippen LogP contribution in [0.15, 0.2) is 146 Å². The number of nitrogens with zero attached hydrogens (tertiary/aromatic N) is 1. The van der Waals surface area contributed by atoms with E-state index in [4.69, 9.17) is 16.7 Å². The first-order valence-corrected chi connectivity index (χ1v) is 21.5. The van der Waals surface area contributed by atoms with Gasteiger partial charge >= 0.3 is 0 Å². The zero-order valence-electron chi connectivity index (χ0n) is 35.2. The van der Waals surface area contributed by atoms with Crippen LogP contribution in [0.4, 0.5) is 0 Å². The van der Waals surface area contributed by atoms with Crippen molar-refractivity contribution in [3.63, 3.8) is 0 Å². The van der Waals surface area contributed by atoms with Crippen molar-refractivity contribution in [2.45, 2.75) is 103 Å². The summed E-state index contributed by atoms with van der Waals surface area (Å²) in [6.45, 7) is 19.7. The van der Waals surface area contributed by atoms with Gasteiger partial charge in [-0.2, -0.15) is 0 Å². The number of alkyl halides is 1. The Bertz CT molecular complexity index is 1670. The van der Waals surface area contributed by atoms with Crippen LogP contribution >= 0.6 is 11.6 Å². The maximum Gasteiger partial charge on any atom is 0.0784 e. The molecule has 0 radical (unpaired) electrons. The number of quaternary nitrogens is 1. The van der Waals surface area contributed by atoms with Crippen molar-refractivity contribution in [3.8, 4) is 0 Å². The number of hydrogen-bond acceptors (Lipinski definition) is 1. The van der Waals surface area contributed by atoms with Crippen LogP contribution in [0.2, 0.25) is 0 Å². The molecule has 1 fully saturated rings. The Morgan fingerprint density at radius 3 is 1.07 bits per heavy atom.